The van der Waals surface area contributed by atoms with E-state index in [0.29, 0.717) is 6.54 Å². The van der Waals surface area contributed by atoms with E-state index in [0.717, 1.165) is 29.9 Å². The molecule has 3 rings (SSSR count). The molecular formula is C22H28FNO3S2. The van der Waals surface area contributed by atoms with E-state index in [1.807, 2.05) is 24.3 Å². The lowest BCUT2D eigenvalue weighted by Gasteiger charge is -2.25. The molecule has 0 amide bonds. The molecule has 7 heteroatoms. The molecule has 0 N–H and O–H groups in total. The van der Waals surface area contributed by atoms with Crippen LogP contribution in [0.5, 0.6) is 5.75 Å². The summed E-state index contributed by atoms with van der Waals surface area (Å²) in [5, 5.41) is 0.261. The Morgan fingerprint density at radius 1 is 1.17 bits per heavy atom. The molecule has 0 spiro atoms. The van der Waals surface area contributed by atoms with Gasteiger partial charge in [-0.3, -0.25) is 0 Å². The van der Waals surface area contributed by atoms with Gasteiger partial charge >= 0.3 is 0 Å². The number of hydrogen-bond donors (Lipinski definition) is 0. The Morgan fingerprint density at radius 3 is 2.41 bits per heavy atom. The third kappa shape index (κ3) is 5.96. The highest BCUT2D eigenvalue weighted by Gasteiger charge is 2.38. The van der Waals surface area contributed by atoms with E-state index < -0.39 is 10.0 Å². The minimum Gasteiger partial charge on any atom is -0.497 e. The first-order valence-electron chi connectivity index (χ1n) is 9.73. The minimum absolute atomic E-state index is 0.0292. The summed E-state index contributed by atoms with van der Waals surface area (Å²) in [5.74, 6) is 1.58. The lowest BCUT2D eigenvalue weighted by Crippen LogP contribution is -2.35. The van der Waals surface area contributed by atoms with E-state index in [-0.39, 0.29) is 23.0 Å². The van der Waals surface area contributed by atoms with Crippen molar-refractivity contribution in [3.05, 3.63) is 65.5 Å². The molecule has 2 aromatic carbocycles. The predicted molar refractivity (Wildman–Crippen MR) is 117 cm³/mol. The maximum Gasteiger partial charge on any atom is 0.211 e. The minimum atomic E-state index is -3.27. The molecule has 0 saturated carbocycles. The van der Waals surface area contributed by atoms with E-state index in [1.165, 1.54) is 24.0 Å². The van der Waals surface area contributed by atoms with E-state index in [4.69, 9.17) is 4.74 Å². The van der Waals surface area contributed by atoms with Gasteiger partial charge in [0.25, 0.3) is 0 Å². The van der Waals surface area contributed by atoms with Crippen LogP contribution in [-0.4, -0.2) is 43.9 Å². The quantitative estimate of drug-likeness (QED) is 0.602. The van der Waals surface area contributed by atoms with Crippen molar-refractivity contribution in [2.75, 3.05) is 19.9 Å². The third-order valence-corrected chi connectivity index (χ3v) is 8.07. The maximum atomic E-state index is 13.2. The maximum absolute atomic E-state index is 13.2. The van der Waals surface area contributed by atoms with Crippen molar-refractivity contribution in [1.29, 1.82) is 0 Å². The van der Waals surface area contributed by atoms with Gasteiger partial charge in [-0.2, -0.15) is 16.1 Å². The molecule has 0 bridgehead atoms. The smallest absolute Gasteiger partial charge is 0.211 e. The highest BCUT2D eigenvalue weighted by molar-refractivity contribution is 7.99. The van der Waals surface area contributed by atoms with Crippen LogP contribution in [0.1, 0.15) is 36.8 Å². The van der Waals surface area contributed by atoms with Crippen molar-refractivity contribution >= 4 is 21.8 Å². The summed E-state index contributed by atoms with van der Waals surface area (Å²) in [6, 6.07) is 14.4. The first kappa shape index (κ1) is 22.1. The van der Waals surface area contributed by atoms with Crippen molar-refractivity contribution in [1.82, 2.24) is 4.31 Å². The number of hydrogen-bond acceptors (Lipinski definition) is 4. The second-order valence-electron chi connectivity index (χ2n) is 7.69. The van der Waals surface area contributed by atoms with Crippen LogP contribution in [0.3, 0.4) is 0 Å². The molecule has 1 heterocycles. The van der Waals surface area contributed by atoms with Gasteiger partial charge in [-0.05, 0) is 54.2 Å². The zero-order chi connectivity index (χ0) is 21.0. The molecule has 0 aromatic heterocycles. The molecule has 0 aliphatic carbocycles. The normalized spacial score (nSPS) is 21.2. The summed E-state index contributed by atoms with van der Waals surface area (Å²) in [7, 11) is -1.62. The number of benzene rings is 2. The summed E-state index contributed by atoms with van der Waals surface area (Å²) >= 11 is 1.80. The molecule has 1 aliphatic heterocycles. The zero-order valence-corrected chi connectivity index (χ0v) is 18.7. The van der Waals surface area contributed by atoms with E-state index in [9.17, 15) is 12.8 Å². The summed E-state index contributed by atoms with van der Waals surface area (Å²) < 4.78 is 44.7. The average Bonchev–Trinajstić information content (AvgIpc) is 3.10. The Labute approximate surface area is 177 Å². The van der Waals surface area contributed by atoms with Crippen molar-refractivity contribution in [2.24, 2.45) is 0 Å². The largest absolute Gasteiger partial charge is 0.497 e. The lowest BCUT2D eigenvalue weighted by molar-refractivity contribution is 0.357. The van der Waals surface area contributed by atoms with Crippen LogP contribution in [0.25, 0.3) is 0 Å². The number of ether oxygens (including phenoxy) is 1. The van der Waals surface area contributed by atoms with Gasteiger partial charge in [-0.25, -0.2) is 12.8 Å². The topological polar surface area (TPSA) is 46.6 Å². The van der Waals surface area contributed by atoms with Crippen molar-refractivity contribution in [2.45, 2.75) is 42.7 Å². The first-order valence-corrected chi connectivity index (χ1v) is 12.6. The van der Waals surface area contributed by atoms with E-state index in [2.05, 4.69) is 6.92 Å². The van der Waals surface area contributed by atoms with E-state index in [1.54, 1.807) is 35.3 Å². The average molecular weight is 438 g/mol. The van der Waals surface area contributed by atoms with Crippen LogP contribution >= 0.6 is 11.8 Å². The monoisotopic (exact) mass is 437 g/mol. The van der Waals surface area contributed by atoms with E-state index >= 15 is 0 Å². The second-order valence-corrected chi connectivity index (χ2v) is 10.9. The Hall–Kier alpha value is -1.57. The fourth-order valence-corrected chi connectivity index (χ4v) is 6.36. The second kappa shape index (κ2) is 9.49. The van der Waals surface area contributed by atoms with Gasteiger partial charge in [-0.1, -0.05) is 31.2 Å². The Morgan fingerprint density at radius 2 is 1.83 bits per heavy atom. The molecule has 1 fully saturated rings. The summed E-state index contributed by atoms with van der Waals surface area (Å²) in [5.41, 5.74) is 2.24. The molecule has 4 nitrogen and oxygen atoms in total. The summed E-state index contributed by atoms with van der Waals surface area (Å²) in [6.45, 7) is 2.62. The number of sulfonamides is 1. The molecular weight excluding hydrogens is 409 g/mol. The van der Waals surface area contributed by atoms with Crippen LogP contribution in [0.4, 0.5) is 4.39 Å². The van der Waals surface area contributed by atoms with Gasteiger partial charge in [-0.15, -0.1) is 0 Å². The van der Waals surface area contributed by atoms with Crippen LogP contribution < -0.4 is 4.74 Å². The van der Waals surface area contributed by atoms with Crippen LogP contribution in [0, 0.1) is 5.82 Å². The van der Waals surface area contributed by atoms with Crippen LogP contribution in [-0.2, 0) is 15.8 Å². The number of halogens is 1. The number of rotatable bonds is 8. The summed E-state index contributed by atoms with van der Waals surface area (Å²) in [4.78, 5) is 0. The SMILES string of the molecule is COc1ccc(CS[C@@H]2CC(C[C@@H](C)c3ccc(F)cc3)N(S(C)(=O)=O)C2)cc1. The van der Waals surface area contributed by atoms with Gasteiger partial charge in [0, 0.05) is 23.6 Å². The Bertz CT molecular complexity index is 901. The lowest BCUT2D eigenvalue weighted by atomic mass is 9.93. The Balaban J connectivity index is 1.63. The van der Waals surface area contributed by atoms with Crippen molar-refractivity contribution in [3.8, 4) is 5.75 Å². The van der Waals surface area contributed by atoms with Gasteiger partial charge in [0.05, 0.1) is 13.4 Å². The van der Waals surface area contributed by atoms with Crippen LogP contribution in [0.15, 0.2) is 48.5 Å². The molecule has 2 aromatic rings. The number of thioether (sulfide) groups is 1. The first-order chi connectivity index (χ1) is 13.8. The third-order valence-electron chi connectivity index (χ3n) is 5.46. The number of nitrogens with zero attached hydrogens (tertiary/aromatic N) is 1. The van der Waals surface area contributed by atoms with Crippen molar-refractivity contribution < 1.29 is 17.5 Å². The van der Waals surface area contributed by atoms with Crippen LogP contribution in [0.2, 0.25) is 0 Å². The predicted octanol–water partition coefficient (Wildman–Crippen LogP) is 4.66. The van der Waals surface area contributed by atoms with Gasteiger partial charge < -0.3 is 4.74 Å². The van der Waals surface area contributed by atoms with Gasteiger partial charge in [0.2, 0.25) is 10.0 Å². The highest BCUT2D eigenvalue weighted by atomic mass is 32.2. The molecule has 1 unspecified atom stereocenters. The molecule has 29 heavy (non-hydrogen) atoms. The van der Waals surface area contributed by atoms with Crippen molar-refractivity contribution in [3.63, 3.8) is 0 Å². The fourth-order valence-electron chi connectivity index (χ4n) is 3.86. The highest BCUT2D eigenvalue weighted by Crippen LogP contribution is 2.36. The molecule has 1 saturated heterocycles. The molecule has 3 atom stereocenters. The fraction of sp³-hybridized carbons (Fsp3) is 0.455. The summed E-state index contributed by atoms with van der Waals surface area (Å²) in [6.07, 6.45) is 2.86. The molecule has 158 valence electrons. The molecule has 1 aliphatic rings. The van der Waals surface area contributed by atoms with Gasteiger partial charge in [0.15, 0.2) is 0 Å². The zero-order valence-electron chi connectivity index (χ0n) is 17.0. The number of methoxy groups -OCH3 is 1. The molecule has 0 radical (unpaired) electrons. The standard InChI is InChI=1S/C22H28FNO3S2/c1-16(18-6-8-19(23)9-7-18)12-20-13-22(14-24(20)29(3,25)26)28-15-17-4-10-21(27-2)11-5-17/h4-11,16,20,22H,12-15H2,1-3H3/t16-,20?,22-/m1/s1. The Kier molecular flexibility index (Phi) is 7.24. The van der Waals surface area contributed by atoms with Gasteiger partial charge in [0.1, 0.15) is 11.6 Å².